The molecule has 1 aliphatic carbocycles. The summed E-state index contributed by atoms with van der Waals surface area (Å²) >= 11 is 0. The predicted octanol–water partition coefficient (Wildman–Crippen LogP) is 4.58. The van der Waals surface area contributed by atoms with Crippen LogP contribution < -0.4 is 5.32 Å². The molecule has 1 N–H and O–H groups in total. The fourth-order valence-electron chi connectivity index (χ4n) is 3.24. The number of halogens is 1. The van der Waals surface area contributed by atoms with Gasteiger partial charge in [0.2, 0.25) is 5.95 Å². The number of carbonyl (C=O) groups excluding carboxylic acids is 1. The van der Waals surface area contributed by atoms with Crippen molar-refractivity contribution in [1.82, 2.24) is 9.97 Å². The molecular formula is C21H18FN3O. The van der Waals surface area contributed by atoms with E-state index in [2.05, 4.69) is 15.3 Å². The third-order valence-electron chi connectivity index (χ3n) is 4.69. The molecule has 4 nitrogen and oxygen atoms in total. The minimum atomic E-state index is -0.275. The number of hydrogen-bond acceptors (Lipinski definition) is 4. The lowest BCUT2D eigenvalue weighted by Gasteiger charge is -2.23. The zero-order chi connectivity index (χ0) is 18.1. The molecule has 1 atom stereocenters. The largest absolute Gasteiger partial charge is 0.324 e. The van der Waals surface area contributed by atoms with Crippen molar-refractivity contribution in [2.75, 3.05) is 5.32 Å². The van der Waals surface area contributed by atoms with E-state index in [-0.39, 0.29) is 17.5 Å². The molecule has 1 aliphatic rings. The van der Waals surface area contributed by atoms with Gasteiger partial charge in [0.15, 0.2) is 5.78 Å². The van der Waals surface area contributed by atoms with E-state index in [0.717, 1.165) is 16.9 Å². The van der Waals surface area contributed by atoms with E-state index >= 15 is 0 Å². The monoisotopic (exact) mass is 347 g/mol. The highest BCUT2D eigenvalue weighted by atomic mass is 19.1. The predicted molar refractivity (Wildman–Crippen MR) is 98.3 cm³/mol. The number of rotatable bonds is 3. The summed E-state index contributed by atoms with van der Waals surface area (Å²) in [6.45, 7) is 2.03. The molecule has 0 amide bonds. The maximum Gasteiger partial charge on any atom is 0.227 e. The molecule has 26 heavy (non-hydrogen) atoms. The Labute approximate surface area is 151 Å². The molecule has 0 aliphatic heterocycles. The first-order valence-corrected chi connectivity index (χ1v) is 8.57. The van der Waals surface area contributed by atoms with Crippen molar-refractivity contribution in [3.05, 3.63) is 82.9 Å². The highest BCUT2D eigenvalue weighted by Crippen LogP contribution is 2.32. The topological polar surface area (TPSA) is 54.9 Å². The van der Waals surface area contributed by atoms with Crippen molar-refractivity contribution in [3.63, 3.8) is 0 Å². The van der Waals surface area contributed by atoms with E-state index in [9.17, 15) is 9.18 Å². The molecule has 130 valence electrons. The van der Waals surface area contributed by atoms with Crippen LogP contribution in [0.15, 0.2) is 54.7 Å². The number of ketones is 1. The average molecular weight is 347 g/mol. The molecule has 0 saturated carbocycles. The molecule has 1 unspecified atom stereocenters. The molecule has 1 heterocycles. The fourth-order valence-corrected chi connectivity index (χ4v) is 3.24. The van der Waals surface area contributed by atoms with E-state index in [1.54, 1.807) is 18.3 Å². The minimum Gasteiger partial charge on any atom is -0.324 e. The van der Waals surface area contributed by atoms with Crippen LogP contribution in [-0.4, -0.2) is 15.8 Å². The second-order valence-corrected chi connectivity index (χ2v) is 6.62. The summed E-state index contributed by atoms with van der Waals surface area (Å²) in [5.74, 6) is 0.239. The Hall–Kier alpha value is -3.08. The van der Waals surface area contributed by atoms with Gasteiger partial charge in [-0.2, -0.15) is 0 Å². The number of nitrogens with one attached hydrogen (secondary N) is 1. The Kier molecular flexibility index (Phi) is 4.21. The zero-order valence-electron chi connectivity index (χ0n) is 14.4. The number of Topliss-reactive ketones (excluding diaryl/α,β-unsaturated/α-hetero) is 1. The van der Waals surface area contributed by atoms with E-state index in [1.807, 2.05) is 31.2 Å². The number of fused-ring (bicyclic) bond motifs is 1. The normalized spacial score (nSPS) is 16.2. The highest BCUT2D eigenvalue weighted by molar-refractivity contribution is 5.98. The number of benzene rings is 2. The molecule has 4 rings (SSSR count). The molecular weight excluding hydrogens is 329 g/mol. The van der Waals surface area contributed by atoms with Gasteiger partial charge in [0.1, 0.15) is 5.82 Å². The van der Waals surface area contributed by atoms with Crippen LogP contribution >= 0.6 is 0 Å². The maximum absolute atomic E-state index is 13.2. The fraction of sp³-hybridized carbons (Fsp3) is 0.190. The van der Waals surface area contributed by atoms with Gasteiger partial charge in [-0.15, -0.1) is 0 Å². The van der Waals surface area contributed by atoms with Crippen molar-refractivity contribution >= 4 is 17.4 Å². The molecule has 0 spiro atoms. The molecule has 3 aromatic rings. The van der Waals surface area contributed by atoms with Gasteiger partial charge >= 0.3 is 0 Å². The van der Waals surface area contributed by atoms with Gasteiger partial charge in [-0.3, -0.25) is 4.79 Å². The van der Waals surface area contributed by atoms with E-state index < -0.39 is 0 Å². The van der Waals surface area contributed by atoms with E-state index in [1.165, 1.54) is 17.7 Å². The van der Waals surface area contributed by atoms with Crippen LogP contribution in [0.1, 0.15) is 39.5 Å². The van der Waals surface area contributed by atoms with Gasteiger partial charge in [0.05, 0.1) is 11.3 Å². The molecule has 2 aromatic carbocycles. The lowest BCUT2D eigenvalue weighted by atomic mass is 9.82. The summed E-state index contributed by atoms with van der Waals surface area (Å²) < 4.78 is 13.2. The first-order chi connectivity index (χ1) is 12.6. The molecule has 0 fully saturated rings. The van der Waals surface area contributed by atoms with Gasteiger partial charge in [-0.25, -0.2) is 14.4 Å². The minimum absolute atomic E-state index is 0.0118. The number of nitrogens with zero attached hydrogens (tertiary/aromatic N) is 2. The first-order valence-electron chi connectivity index (χ1n) is 8.57. The second-order valence-electron chi connectivity index (χ2n) is 6.62. The van der Waals surface area contributed by atoms with Gasteiger partial charge < -0.3 is 5.32 Å². The smallest absolute Gasteiger partial charge is 0.227 e. The highest BCUT2D eigenvalue weighted by Gasteiger charge is 2.28. The van der Waals surface area contributed by atoms with Crippen LogP contribution in [0.25, 0.3) is 0 Å². The Morgan fingerprint density at radius 3 is 2.50 bits per heavy atom. The Bertz CT molecular complexity index is 952. The zero-order valence-corrected chi connectivity index (χ0v) is 14.4. The molecule has 0 bridgehead atoms. The van der Waals surface area contributed by atoms with Crippen molar-refractivity contribution < 1.29 is 9.18 Å². The van der Waals surface area contributed by atoms with Gasteiger partial charge in [0.25, 0.3) is 0 Å². The van der Waals surface area contributed by atoms with Gasteiger partial charge in [-0.1, -0.05) is 29.8 Å². The third-order valence-corrected chi connectivity index (χ3v) is 4.69. The third kappa shape index (κ3) is 3.33. The second kappa shape index (κ2) is 6.67. The standard InChI is InChI=1S/C21H18FN3O/c1-13-2-8-17(9-3-13)24-21-23-12-18-19(25-21)10-15(11-20(18)26)14-4-6-16(22)7-5-14/h2-9,12,15H,10-11H2,1H3,(H,23,24,25). The number of anilines is 2. The van der Waals surface area contributed by atoms with E-state index in [4.69, 9.17) is 0 Å². The maximum atomic E-state index is 13.2. The van der Waals surface area contributed by atoms with Crippen LogP contribution in [0.3, 0.4) is 0 Å². The van der Waals surface area contributed by atoms with Crippen molar-refractivity contribution in [1.29, 1.82) is 0 Å². The number of hydrogen-bond donors (Lipinski definition) is 1. The SMILES string of the molecule is Cc1ccc(Nc2ncc3c(n2)CC(c2ccc(F)cc2)CC3=O)cc1. The van der Waals surface area contributed by atoms with Crippen LogP contribution in [0.5, 0.6) is 0 Å². The summed E-state index contributed by atoms with van der Waals surface area (Å²) in [5, 5.41) is 3.18. The summed E-state index contributed by atoms with van der Waals surface area (Å²) in [5.41, 5.74) is 4.34. The Morgan fingerprint density at radius 1 is 1.04 bits per heavy atom. The number of aryl methyl sites for hydroxylation is 1. The molecule has 0 saturated heterocycles. The summed E-state index contributed by atoms with van der Waals surface area (Å²) in [7, 11) is 0. The van der Waals surface area contributed by atoms with Gasteiger partial charge in [0, 0.05) is 18.3 Å². The molecule has 1 aromatic heterocycles. The van der Waals surface area contributed by atoms with Crippen molar-refractivity contribution in [3.8, 4) is 0 Å². The molecule has 0 radical (unpaired) electrons. The summed E-state index contributed by atoms with van der Waals surface area (Å²) in [6.07, 6.45) is 2.63. The van der Waals surface area contributed by atoms with E-state index in [0.29, 0.717) is 24.4 Å². The van der Waals surface area contributed by atoms with Crippen LogP contribution in [0.2, 0.25) is 0 Å². The van der Waals surface area contributed by atoms with Crippen molar-refractivity contribution in [2.45, 2.75) is 25.7 Å². The Morgan fingerprint density at radius 2 is 1.77 bits per heavy atom. The quantitative estimate of drug-likeness (QED) is 0.753. The summed E-state index contributed by atoms with van der Waals surface area (Å²) in [6, 6.07) is 14.3. The van der Waals surface area contributed by atoms with Crippen LogP contribution in [0, 0.1) is 12.7 Å². The lowest BCUT2D eigenvalue weighted by Crippen LogP contribution is -2.21. The van der Waals surface area contributed by atoms with Gasteiger partial charge in [-0.05, 0) is 49.1 Å². The summed E-state index contributed by atoms with van der Waals surface area (Å²) in [4.78, 5) is 21.3. The van der Waals surface area contributed by atoms with Crippen LogP contribution in [-0.2, 0) is 6.42 Å². The Balaban J connectivity index is 1.60. The van der Waals surface area contributed by atoms with Crippen LogP contribution in [0.4, 0.5) is 16.0 Å². The van der Waals surface area contributed by atoms with Crippen molar-refractivity contribution in [2.24, 2.45) is 0 Å². The number of carbonyl (C=O) groups is 1. The lowest BCUT2D eigenvalue weighted by molar-refractivity contribution is 0.0962. The number of aromatic nitrogens is 2. The first kappa shape index (κ1) is 16.4. The molecule has 5 heteroatoms. The average Bonchev–Trinajstić information content (AvgIpc) is 2.64.